The zero-order valence-corrected chi connectivity index (χ0v) is 29.8. The van der Waals surface area contributed by atoms with Crippen LogP contribution in [0.1, 0.15) is 31.8 Å². The summed E-state index contributed by atoms with van der Waals surface area (Å²) >= 11 is 0. The third kappa shape index (κ3) is 7.79. The number of amides is 4. The van der Waals surface area contributed by atoms with Gasteiger partial charge in [0.05, 0.1) is 0 Å². The number of aromatic hydroxyl groups is 2. The number of rotatable bonds is 8. The number of phenolic OH excluding ortho intramolecular Hbond substituents is 2. The highest BCUT2D eigenvalue weighted by Crippen LogP contribution is 2.35. The summed E-state index contributed by atoms with van der Waals surface area (Å²) in [5.74, 6) is -1.93. The van der Waals surface area contributed by atoms with Gasteiger partial charge in [-0.3, -0.25) is 29.3 Å². The summed E-state index contributed by atoms with van der Waals surface area (Å²) in [6.07, 6.45) is 0. The minimum atomic E-state index is -4.58. The molecule has 0 unspecified atom stereocenters. The molecule has 0 saturated carbocycles. The van der Waals surface area contributed by atoms with Crippen LogP contribution in [0, 0.1) is 13.8 Å². The van der Waals surface area contributed by atoms with Gasteiger partial charge in [0.2, 0.25) is 0 Å². The molecule has 6 aromatic carbocycles. The van der Waals surface area contributed by atoms with E-state index in [-0.39, 0.29) is 54.0 Å². The number of phenols is 2. The van der Waals surface area contributed by atoms with Crippen LogP contribution < -0.4 is 21.3 Å². The summed E-state index contributed by atoms with van der Waals surface area (Å²) in [5, 5.41) is 31.3. The standard InChI is InChI=1S/C37H30N4O11S2/c1-19-15-21(38-23-5-9-27-29(17-23)33(53(47,48)49)13-11-31(27)42)3-7-25(19)35(44)40-37(46)41-36(45)26-8-4-22(16-20(26)2)39-24-6-10-28-30(18-24)34(54(50,51)52)14-12-32(28)43/h3-18,38-39,42-43H,1-2H3,(H,47,48,49)(H,50,51,52)(H2,40,41,44,45,46). The molecule has 0 heterocycles. The van der Waals surface area contributed by atoms with E-state index in [1.54, 1.807) is 38.1 Å². The predicted octanol–water partition coefficient (Wildman–Crippen LogP) is 6.28. The van der Waals surface area contributed by atoms with Gasteiger partial charge in [-0.1, -0.05) is 0 Å². The Morgan fingerprint density at radius 3 is 1.19 bits per heavy atom. The molecule has 4 amide bonds. The molecule has 0 aromatic heterocycles. The first kappa shape index (κ1) is 37.2. The zero-order valence-electron chi connectivity index (χ0n) is 28.2. The summed E-state index contributed by atoms with van der Waals surface area (Å²) in [5.41, 5.74) is 2.96. The first-order valence-corrected chi connectivity index (χ1v) is 18.7. The highest BCUT2D eigenvalue weighted by Gasteiger charge is 2.20. The van der Waals surface area contributed by atoms with E-state index in [0.717, 1.165) is 24.3 Å². The lowest BCUT2D eigenvalue weighted by atomic mass is 10.1. The second kappa shape index (κ2) is 14.1. The Labute approximate surface area is 307 Å². The third-order valence-electron chi connectivity index (χ3n) is 8.44. The molecule has 0 spiro atoms. The van der Waals surface area contributed by atoms with E-state index in [9.17, 15) is 50.5 Å². The summed E-state index contributed by atoms with van der Waals surface area (Å²) in [4.78, 5) is 37.8. The smallest absolute Gasteiger partial charge is 0.328 e. The molecule has 0 saturated heterocycles. The molecule has 6 rings (SSSR count). The number of aryl methyl sites for hydroxylation is 2. The Balaban J connectivity index is 1.10. The molecule has 6 aromatic rings. The van der Waals surface area contributed by atoms with Crippen molar-refractivity contribution in [3.8, 4) is 11.5 Å². The Morgan fingerprint density at radius 1 is 0.481 bits per heavy atom. The average Bonchev–Trinajstić information content (AvgIpc) is 3.07. The van der Waals surface area contributed by atoms with Gasteiger partial charge in [-0.15, -0.1) is 0 Å². The van der Waals surface area contributed by atoms with Gasteiger partial charge in [0.1, 0.15) is 21.3 Å². The third-order valence-corrected chi connectivity index (χ3v) is 10.3. The van der Waals surface area contributed by atoms with E-state index in [2.05, 4.69) is 21.3 Å². The number of hydrogen-bond donors (Lipinski definition) is 8. The van der Waals surface area contributed by atoms with E-state index in [1.807, 2.05) is 0 Å². The van der Waals surface area contributed by atoms with Crippen molar-refractivity contribution in [3.05, 3.63) is 119 Å². The van der Waals surface area contributed by atoms with Crippen LogP contribution >= 0.6 is 0 Å². The second-order valence-electron chi connectivity index (χ2n) is 12.2. The molecule has 15 nitrogen and oxygen atoms in total. The number of hydrogen-bond acceptors (Lipinski definition) is 11. The Morgan fingerprint density at radius 2 is 0.833 bits per heavy atom. The van der Waals surface area contributed by atoms with Crippen molar-refractivity contribution < 1.29 is 50.5 Å². The van der Waals surface area contributed by atoms with Gasteiger partial charge in [-0.25, -0.2) is 4.79 Å². The molecule has 276 valence electrons. The van der Waals surface area contributed by atoms with E-state index in [0.29, 0.717) is 33.9 Å². The largest absolute Gasteiger partial charge is 0.507 e. The van der Waals surface area contributed by atoms with Gasteiger partial charge < -0.3 is 20.8 Å². The van der Waals surface area contributed by atoms with Crippen molar-refractivity contribution in [3.63, 3.8) is 0 Å². The van der Waals surface area contributed by atoms with Crippen LogP contribution in [0.3, 0.4) is 0 Å². The molecule has 8 N–H and O–H groups in total. The quantitative estimate of drug-likeness (QED) is 0.0795. The number of anilines is 4. The maximum Gasteiger partial charge on any atom is 0.328 e. The summed E-state index contributed by atoms with van der Waals surface area (Å²) in [6.45, 7) is 3.23. The fraction of sp³-hybridized carbons (Fsp3) is 0.0541. The van der Waals surface area contributed by atoms with Gasteiger partial charge in [0.25, 0.3) is 32.1 Å². The second-order valence-corrected chi connectivity index (χ2v) is 15.0. The van der Waals surface area contributed by atoms with E-state index in [1.165, 1.54) is 48.5 Å². The SMILES string of the molecule is Cc1cc(Nc2ccc3c(O)ccc(S(=O)(=O)O)c3c2)ccc1C(=O)NC(=O)NC(=O)c1ccc(Nc2ccc3c(O)ccc(S(=O)(=O)O)c3c2)cc1C. The predicted molar refractivity (Wildman–Crippen MR) is 200 cm³/mol. The topological polar surface area (TPSA) is 249 Å². The van der Waals surface area contributed by atoms with E-state index in [4.69, 9.17) is 0 Å². The van der Waals surface area contributed by atoms with Crippen molar-refractivity contribution in [1.29, 1.82) is 0 Å². The van der Waals surface area contributed by atoms with Crippen LogP contribution in [0.2, 0.25) is 0 Å². The Hall–Kier alpha value is -6.53. The first-order chi connectivity index (χ1) is 25.4. The summed E-state index contributed by atoms with van der Waals surface area (Å²) < 4.78 is 66.8. The first-order valence-electron chi connectivity index (χ1n) is 15.8. The molecule has 17 heteroatoms. The highest BCUT2D eigenvalue weighted by molar-refractivity contribution is 7.86. The molecule has 0 atom stereocenters. The normalized spacial score (nSPS) is 11.6. The number of fused-ring (bicyclic) bond motifs is 2. The van der Waals surface area contributed by atoms with Gasteiger partial charge in [0.15, 0.2) is 0 Å². The van der Waals surface area contributed by atoms with Crippen LogP contribution in [0.25, 0.3) is 21.5 Å². The Kier molecular flexibility index (Phi) is 9.74. The lowest BCUT2D eigenvalue weighted by molar-refractivity contribution is 0.0944. The number of carbonyl (C=O) groups excluding carboxylic acids is 3. The fourth-order valence-corrected chi connectivity index (χ4v) is 7.29. The minimum absolute atomic E-state index is 0.0845. The maximum absolute atomic E-state index is 13.0. The van der Waals surface area contributed by atoms with Crippen molar-refractivity contribution in [1.82, 2.24) is 10.6 Å². The van der Waals surface area contributed by atoms with Crippen LogP contribution in [0.4, 0.5) is 27.5 Å². The van der Waals surface area contributed by atoms with Crippen LogP contribution in [-0.2, 0) is 20.2 Å². The van der Waals surface area contributed by atoms with Crippen LogP contribution in [0.5, 0.6) is 11.5 Å². The summed E-state index contributed by atoms with van der Waals surface area (Å²) in [6, 6.07) is 21.6. The molecular weight excluding hydrogens is 741 g/mol. The molecule has 0 fully saturated rings. The van der Waals surface area contributed by atoms with Gasteiger partial charge >= 0.3 is 6.03 Å². The monoisotopic (exact) mass is 770 g/mol. The maximum atomic E-state index is 13.0. The molecule has 0 aliphatic carbocycles. The molecule has 0 aliphatic heterocycles. The average molecular weight is 771 g/mol. The zero-order chi connectivity index (χ0) is 39.1. The molecule has 54 heavy (non-hydrogen) atoms. The highest BCUT2D eigenvalue weighted by atomic mass is 32.2. The lowest BCUT2D eigenvalue weighted by Gasteiger charge is -2.13. The van der Waals surface area contributed by atoms with Crippen molar-refractivity contribution in [2.45, 2.75) is 23.6 Å². The van der Waals surface area contributed by atoms with Crippen LogP contribution in [-0.4, -0.2) is 54.0 Å². The van der Waals surface area contributed by atoms with Gasteiger partial charge in [-0.05, 0) is 122 Å². The summed E-state index contributed by atoms with van der Waals surface area (Å²) in [7, 11) is -9.17. The van der Waals surface area contributed by atoms with Crippen molar-refractivity contribution >= 4 is 82.4 Å². The number of urea groups is 1. The molecule has 0 bridgehead atoms. The number of nitrogens with one attached hydrogen (secondary N) is 4. The number of carbonyl (C=O) groups is 3. The van der Waals surface area contributed by atoms with Crippen molar-refractivity contribution in [2.24, 2.45) is 0 Å². The minimum Gasteiger partial charge on any atom is -0.507 e. The Bertz CT molecular complexity index is 2600. The van der Waals surface area contributed by atoms with Gasteiger partial charge in [0, 0.05) is 55.4 Å². The van der Waals surface area contributed by atoms with E-state index >= 15 is 0 Å². The lowest BCUT2D eigenvalue weighted by Crippen LogP contribution is -2.42. The molecule has 0 aliphatic rings. The molecular formula is C37H30N4O11S2. The number of imide groups is 2. The number of benzene rings is 6. The van der Waals surface area contributed by atoms with Gasteiger partial charge in [-0.2, -0.15) is 16.8 Å². The van der Waals surface area contributed by atoms with E-state index < -0.39 is 38.1 Å². The molecule has 0 radical (unpaired) electrons. The fourth-order valence-electron chi connectivity index (χ4n) is 5.91. The van der Waals surface area contributed by atoms with Crippen LogP contribution in [0.15, 0.2) is 107 Å². The van der Waals surface area contributed by atoms with Crippen molar-refractivity contribution in [2.75, 3.05) is 10.6 Å².